The summed E-state index contributed by atoms with van der Waals surface area (Å²) in [5, 5.41) is 15.8. The van der Waals surface area contributed by atoms with Gasteiger partial charge in [-0.3, -0.25) is 14.6 Å². The largest absolute Gasteiger partial charge is 0.494 e. The molecule has 0 fully saturated rings. The van der Waals surface area contributed by atoms with E-state index in [-0.39, 0.29) is 0 Å². The predicted octanol–water partition coefficient (Wildman–Crippen LogP) is 3.29. The molecule has 0 aliphatic heterocycles. The molecule has 0 unspecified atom stereocenters. The van der Waals surface area contributed by atoms with Gasteiger partial charge in [0.25, 0.3) is 0 Å². The van der Waals surface area contributed by atoms with Gasteiger partial charge >= 0.3 is 0 Å². The number of ether oxygens (including phenoxy) is 2. The molecule has 4 aromatic rings. The Balaban J connectivity index is 1.67. The number of fused-ring (bicyclic) bond motifs is 1. The Labute approximate surface area is 180 Å². The van der Waals surface area contributed by atoms with Crippen molar-refractivity contribution in [3.8, 4) is 28.3 Å². The molecule has 8 nitrogen and oxygen atoms in total. The molecule has 2 aromatic heterocycles. The quantitative estimate of drug-likeness (QED) is 0.304. The minimum absolute atomic E-state index is 0.499. The van der Waals surface area contributed by atoms with Gasteiger partial charge in [-0.2, -0.15) is 10.2 Å². The fourth-order valence-corrected chi connectivity index (χ4v) is 3.52. The smallest absolute Gasteiger partial charge is 0.207 e. The lowest BCUT2D eigenvalue weighted by Gasteiger charge is -2.09. The Morgan fingerprint density at radius 2 is 2.03 bits per heavy atom. The second-order valence-electron chi connectivity index (χ2n) is 7.28. The van der Waals surface area contributed by atoms with E-state index in [9.17, 15) is 4.79 Å². The van der Waals surface area contributed by atoms with E-state index in [1.165, 1.54) is 0 Å². The number of aryl methyl sites for hydroxylation is 1. The van der Waals surface area contributed by atoms with Crippen LogP contribution < -0.4 is 10.1 Å². The van der Waals surface area contributed by atoms with Crippen molar-refractivity contribution in [2.45, 2.75) is 13.0 Å². The van der Waals surface area contributed by atoms with Crippen LogP contribution in [0.25, 0.3) is 33.4 Å². The molecule has 0 aliphatic rings. The van der Waals surface area contributed by atoms with E-state index in [0.29, 0.717) is 26.2 Å². The van der Waals surface area contributed by atoms with E-state index >= 15 is 0 Å². The number of benzene rings is 2. The molecule has 160 valence electrons. The lowest BCUT2D eigenvalue weighted by atomic mass is 10.00. The van der Waals surface area contributed by atoms with Crippen molar-refractivity contribution in [3.05, 3.63) is 54.2 Å². The normalized spacial score (nSPS) is 11.0. The number of rotatable bonds is 10. The second kappa shape index (κ2) is 9.44. The molecule has 2 N–H and O–H groups in total. The van der Waals surface area contributed by atoms with Crippen molar-refractivity contribution in [2.75, 3.05) is 20.3 Å². The number of amides is 1. The van der Waals surface area contributed by atoms with Crippen LogP contribution in [0.2, 0.25) is 0 Å². The first-order valence-corrected chi connectivity index (χ1v) is 10.1. The number of carbonyl (C=O) groups excluding carboxylic acids is 1. The van der Waals surface area contributed by atoms with Crippen molar-refractivity contribution in [2.24, 2.45) is 7.05 Å². The first-order chi connectivity index (χ1) is 15.2. The summed E-state index contributed by atoms with van der Waals surface area (Å²) in [5.74, 6) is 0.763. The Kier molecular flexibility index (Phi) is 6.28. The highest BCUT2D eigenvalue weighted by Crippen LogP contribution is 2.32. The molecular formula is C23H25N5O3. The zero-order valence-corrected chi connectivity index (χ0v) is 17.6. The van der Waals surface area contributed by atoms with E-state index in [0.717, 1.165) is 51.2 Å². The Morgan fingerprint density at radius 3 is 2.81 bits per heavy atom. The molecular weight excluding hydrogens is 394 g/mol. The fraction of sp³-hybridized carbons (Fsp3) is 0.261. The highest BCUT2D eigenvalue weighted by Gasteiger charge is 2.13. The molecule has 0 aliphatic carbocycles. The topological polar surface area (TPSA) is 94.1 Å². The van der Waals surface area contributed by atoms with Gasteiger partial charge in [-0.1, -0.05) is 0 Å². The summed E-state index contributed by atoms with van der Waals surface area (Å²) < 4.78 is 13.0. The third kappa shape index (κ3) is 4.75. The maximum absolute atomic E-state index is 10.3. The average molecular weight is 419 g/mol. The third-order valence-electron chi connectivity index (χ3n) is 4.94. The zero-order valence-electron chi connectivity index (χ0n) is 17.6. The zero-order chi connectivity index (χ0) is 21.6. The van der Waals surface area contributed by atoms with Crippen LogP contribution in [0.5, 0.6) is 5.75 Å². The summed E-state index contributed by atoms with van der Waals surface area (Å²) in [5.41, 5.74) is 5.71. The third-order valence-corrected chi connectivity index (χ3v) is 4.94. The lowest BCUT2D eigenvalue weighted by Crippen LogP contribution is -2.14. The first-order valence-electron chi connectivity index (χ1n) is 10.1. The number of carbonyl (C=O) groups is 1. The molecule has 0 bridgehead atoms. The van der Waals surface area contributed by atoms with Crippen LogP contribution in [0.3, 0.4) is 0 Å². The van der Waals surface area contributed by atoms with Crippen molar-refractivity contribution in [3.63, 3.8) is 0 Å². The summed E-state index contributed by atoms with van der Waals surface area (Å²) >= 11 is 0. The van der Waals surface area contributed by atoms with Crippen molar-refractivity contribution < 1.29 is 14.3 Å². The molecule has 0 atom stereocenters. The van der Waals surface area contributed by atoms with Crippen LogP contribution in [-0.2, 0) is 23.2 Å². The first kappa shape index (κ1) is 20.6. The Bertz CT molecular complexity index is 1180. The predicted molar refractivity (Wildman–Crippen MR) is 119 cm³/mol. The number of H-pyrrole nitrogens is 1. The van der Waals surface area contributed by atoms with Gasteiger partial charge in [0, 0.05) is 43.4 Å². The Morgan fingerprint density at radius 1 is 1.16 bits per heavy atom. The molecule has 0 saturated heterocycles. The monoisotopic (exact) mass is 419 g/mol. The van der Waals surface area contributed by atoms with E-state index in [1.54, 1.807) is 11.8 Å². The number of nitrogens with zero attached hydrogens (tertiary/aromatic N) is 3. The van der Waals surface area contributed by atoms with Gasteiger partial charge in [0.1, 0.15) is 11.4 Å². The van der Waals surface area contributed by atoms with Gasteiger partial charge < -0.3 is 14.8 Å². The number of aromatic nitrogens is 4. The number of methoxy groups -OCH3 is 1. The lowest BCUT2D eigenvalue weighted by molar-refractivity contribution is -0.109. The highest BCUT2D eigenvalue weighted by molar-refractivity contribution is 5.94. The van der Waals surface area contributed by atoms with Crippen LogP contribution in [0.15, 0.2) is 48.7 Å². The summed E-state index contributed by atoms with van der Waals surface area (Å²) in [4.78, 5) is 10.3. The standard InChI is InChI=1S/C23H25N5O3/c1-28-8-6-21(27-28)17-10-16(14-30-2)11-18(12-17)23-20-13-19(4-5-22(20)25-26-23)31-9-3-7-24-15-29/h4-6,8,10-13,15H,3,7,9,14H2,1-2H3,(H,24,29)(H,25,26). The van der Waals surface area contributed by atoms with Crippen molar-refractivity contribution >= 4 is 17.3 Å². The van der Waals surface area contributed by atoms with E-state index in [4.69, 9.17) is 9.47 Å². The van der Waals surface area contributed by atoms with Gasteiger partial charge in [0.2, 0.25) is 6.41 Å². The van der Waals surface area contributed by atoms with E-state index < -0.39 is 0 Å². The molecule has 31 heavy (non-hydrogen) atoms. The maximum atomic E-state index is 10.3. The minimum atomic E-state index is 0.499. The number of hydrogen-bond donors (Lipinski definition) is 2. The molecule has 0 radical (unpaired) electrons. The number of hydrogen-bond acceptors (Lipinski definition) is 5. The molecule has 4 rings (SSSR count). The van der Waals surface area contributed by atoms with E-state index in [2.05, 4.69) is 38.8 Å². The molecule has 2 heterocycles. The second-order valence-corrected chi connectivity index (χ2v) is 7.28. The average Bonchev–Trinajstić information content (AvgIpc) is 3.39. The van der Waals surface area contributed by atoms with Crippen LogP contribution in [0, 0.1) is 0 Å². The fourth-order valence-electron chi connectivity index (χ4n) is 3.52. The summed E-state index contributed by atoms with van der Waals surface area (Å²) in [6.07, 6.45) is 3.36. The van der Waals surface area contributed by atoms with Gasteiger partial charge in [-0.15, -0.1) is 0 Å². The van der Waals surface area contributed by atoms with Crippen molar-refractivity contribution in [1.29, 1.82) is 0 Å². The number of aromatic amines is 1. The summed E-state index contributed by atoms with van der Waals surface area (Å²) in [6, 6.07) is 14.1. The maximum Gasteiger partial charge on any atom is 0.207 e. The summed E-state index contributed by atoms with van der Waals surface area (Å²) in [6.45, 7) is 1.61. The van der Waals surface area contributed by atoms with Gasteiger partial charge in [-0.25, -0.2) is 0 Å². The minimum Gasteiger partial charge on any atom is -0.494 e. The van der Waals surface area contributed by atoms with Crippen LogP contribution in [0.4, 0.5) is 0 Å². The van der Waals surface area contributed by atoms with E-state index in [1.807, 2.05) is 37.5 Å². The van der Waals surface area contributed by atoms with Gasteiger partial charge in [0.05, 0.1) is 24.4 Å². The molecule has 0 spiro atoms. The van der Waals surface area contributed by atoms with Crippen LogP contribution in [-0.4, -0.2) is 46.6 Å². The highest BCUT2D eigenvalue weighted by atomic mass is 16.5. The Hall–Kier alpha value is -3.65. The number of nitrogens with one attached hydrogen (secondary N) is 2. The summed E-state index contributed by atoms with van der Waals surface area (Å²) in [7, 11) is 3.59. The molecule has 0 saturated carbocycles. The molecule has 2 aromatic carbocycles. The van der Waals surface area contributed by atoms with Crippen LogP contribution in [0.1, 0.15) is 12.0 Å². The molecule has 1 amide bonds. The van der Waals surface area contributed by atoms with Gasteiger partial charge in [-0.05, 0) is 54.4 Å². The van der Waals surface area contributed by atoms with Crippen molar-refractivity contribution in [1.82, 2.24) is 25.3 Å². The SMILES string of the molecule is COCc1cc(-c2ccn(C)n2)cc(-c2n[nH]c3ccc(OCCCNC=O)cc23)c1. The van der Waals surface area contributed by atoms with Crippen LogP contribution >= 0.6 is 0 Å². The molecule has 8 heteroatoms. The van der Waals surface area contributed by atoms with Gasteiger partial charge in [0.15, 0.2) is 0 Å².